The van der Waals surface area contributed by atoms with Crippen molar-refractivity contribution in [1.82, 2.24) is 25.5 Å². The average Bonchev–Trinajstić information content (AvgIpc) is 2.81. The second-order valence-corrected chi connectivity index (χ2v) is 3.96. The molecule has 18 heavy (non-hydrogen) atoms. The first-order valence-electron chi connectivity index (χ1n) is 5.43. The Labute approximate surface area is 103 Å². The third-order valence-electron chi connectivity index (χ3n) is 2.49. The molecule has 1 atom stereocenters. The second kappa shape index (κ2) is 4.82. The van der Waals surface area contributed by atoms with Crippen LogP contribution in [0, 0.1) is 6.92 Å². The Bertz CT molecular complexity index is 602. The number of nitrogens with one attached hydrogen (secondary N) is 3. The molecule has 0 radical (unpaired) electrons. The highest BCUT2D eigenvalue weighted by atomic mass is 16.2. The van der Waals surface area contributed by atoms with Gasteiger partial charge in [0.25, 0.3) is 5.91 Å². The van der Waals surface area contributed by atoms with Gasteiger partial charge in [-0.15, -0.1) is 0 Å². The Morgan fingerprint density at radius 2 is 2.28 bits per heavy atom. The van der Waals surface area contributed by atoms with Crippen molar-refractivity contribution in [1.29, 1.82) is 0 Å². The zero-order chi connectivity index (χ0) is 13.1. The molecule has 7 heteroatoms. The number of carbonyl (C=O) groups excluding carboxylic acids is 1. The van der Waals surface area contributed by atoms with Crippen molar-refractivity contribution < 1.29 is 4.79 Å². The molecule has 94 valence electrons. The van der Waals surface area contributed by atoms with Crippen LogP contribution in [-0.4, -0.2) is 26.1 Å². The SMILES string of the molecule is Cc1cc(=O)c(C(=O)NC(C)c2ncn[nH]2)c[nH]1. The van der Waals surface area contributed by atoms with Gasteiger partial charge in [0.05, 0.1) is 6.04 Å². The zero-order valence-corrected chi connectivity index (χ0v) is 10.0. The van der Waals surface area contributed by atoms with Crippen LogP contribution in [0.5, 0.6) is 0 Å². The van der Waals surface area contributed by atoms with E-state index in [0.717, 1.165) is 0 Å². The molecule has 2 aromatic heterocycles. The van der Waals surface area contributed by atoms with Gasteiger partial charge in [0, 0.05) is 18.0 Å². The van der Waals surface area contributed by atoms with E-state index in [0.29, 0.717) is 11.5 Å². The van der Waals surface area contributed by atoms with Gasteiger partial charge < -0.3 is 10.3 Å². The first-order chi connectivity index (χ1) is 8.58. The summed E-state index contributed by atoms with van der Waals surface area (Å²) in [5.41, 5.74) is 0.473. The van der Waals surface area contributed by atoms with Crippen LogP contribution in [0.1, 0.15) is 34.8 Å². The van der Waals surface area contributed by atoms with Crippen LogP contribution in [0.25, 0.3) is 0 Å². The van der Waals surface area contributed by atoms with Crippen molar-refractivity contribution in [3.05, 3.63) is 45.9 Å². The number of amides is 1. The molecular weight excluding hydrogens is 234 g/mol. The van der Waals surface area contributed by atoms with Crippen LogP contribution in [0.2, 0.25) is 0 Å². The monoisotopic (exact) mass is 247 g/mol. The minimum atomic E-state index is -0.444. The molecule has 1 amide bonds. The summed E-state index contributed by atoms with van der Waals surface area (Å²) in [6.07, 6.45) is 2.76. The highest BCUT2D eigenvalue weighted by Gasteiger charge is 2.15. The summed E-state index contributed by atoms with van der Waals surface area (Å²) in [7, 11) is 0. The smallest absolute Gasteiger partial charge is 0.257 e. The number of aromatic amines is 2. The van der Waals surface area contributed by atoms with Gasteiger partial charge in [-0.25, -0.2) is 4.98 Å². The Morgan fingerprint density at radius 1 is 1.50 bits per heavy atom. The van der Waals surface area contributed by atoms with E-state index < -0.39 is 5.91 Å². The predicted octanol–water partition coefficient (Wildman–Crippen LogP) is 0.292. The van der Waals surface area contributed by atoms with Crippen molar-refractivity contribution in [3.8, 4) is 0 Å². The van der Waals surface area contributed by atoms with Gasteiger partial charge in [-0.3, -0.25) is 14.7 Å². The lowest BCUT2D eigenvalue weighted by Gasteiger charge is -2.10. The van der Waals surface area contributed by atoms with Gasteiger partial charge >= 0.3 is 0 Å². The fourth-order valence-corrected chi connectivity index (χ4v) is 1.52. The Kier molecular flexibility index (Phi) is 3.22. The van der Waals surface area contributed by atoms with Crippen molar-refractivity contribution in [3.63, 3.8) is 0 Å². The summed E-state index contributed by atoms with van der Waals surface area (Å²) in [5.74, 6) is 0.0899. The fraction of sp³-hybridized carbons (Fsp3) is 0.273. The lowest BCUT2D eigenvalue weighted by Crippen LogP contribution is -2.31. The summed E-state index contributed by atoms with van der Waals surface area (Å²) in [6, 6.07) is 1.04. The molecule has 2 rings (SSSR count). The van der Waals surface area contributed by atoms with Gasteiger partial charge in [0.15, 0.2) is 5.43 Å². The Hall–Kier alpha value is -2.44. The number of aromatic nitrogens is 4. The van der Waals surface area contributed by atoms with Crippen LogP contribution in [0.15, 0.2) is 23.4 Å². The van der Waals surface area contributed by atoms with Crippen LogP contribution >= 0.6 is 0 Å². The first kappa shape index (κ1) is 12.0. The van der Waals surface area contributed by atoms with Gasteiger partial charge in [-0.1, -0.05) is 0 Å². The quantitative estimate of drug-likeness (QED) is 0.725. The molecule has 0 fully saturated rings. The van der Waals surface area contributed by atoms with Gasteiger partial charge in [-0.05, 0) is 13.8 Å². The van der Waals surface area contributed by atoms with E-state index in [9.17, 15) is 9.59 Å². The maximum atomic E-state index is 11.9. The Morgan fingerprint density at radius 3 is 2.89 bits per heavy atom. The Balaban J connectivity index is 2.15. The summed E-state index contributed by atoms with van der Waals surface area (Å²) < 4.78 is 0. The number of aryl methyl sites for hydroxylation is 1. The number of nitrogens with zero attached hydrogens (tertiary/aromatic N) is 2. The summed E-state index contributed by atoms with van der Waals surface area (Å²) >= 11 is 0. The maximum absolute atomic E-state index is 11.9. The van der Waals surface area contributed by atoms with E-state index in [2.05, 4.69) is 25.5 Å². The van der Waals surface area contributed by atoms with Crippen molar-refractivity contribution in [2.45, 2.75) is 19.9 Å². The number of hydrogen-bond acceptors (Lipinski definition) is 4. The van der Waals surface area contributed by atoms with Gasteiger partial charge in [0.2, 0.25) is 0 Å². The lowest BCUT2D eigenvalue weighted by atomic mass is 10.2. The molecule has 7 nitrogen and oxygen atoms in total. The van der Waals surface area contributed by atoms with E-state index in [1.165, 1.54) is 18.6 Å². The first-order valence-corrected chi connectivity index (χ1v) is 5.43. The van der Waals surface area contributed by atoms with E-state index >= 15 is 0 Å². The molecule has 2 aromatic rings. The third-order valence-corrected chi connectivity index (χ3v) is 2.49. The molecule has 0 aliphatic rings. The highest BCUT2D eigenvalue weighted by molar-refractivity contribution is 5.93. The molecule has 0 spiro atoms. The fourth-order valence-electron chi connectivity index (χ4n) is 1.52. The van der Waals surface area contributed by atoms with Gasteiger partial charge in [0.1, 0.15) is 17.7 Å². The van der Waals surface area contributed by atoms with Crippen molar-refractivity contribution in [2.24, 2.45) is 0 Å². The topological polar surface area (TPSA) is 104 Å². The van der Waals surface area contributed by atoms with E-state index in [1.807, 2.05) is 0 Å². The number of carbonyl (C=O) groups is 1. The zero-order valence-electron chi connectivity index (χ0n) is 10.0. The molecule has 0 aliphatic carbocycles. The largest absolute Gasteiger partial charge is 0.364 e. The molecule has 0 aromatic carbocycles. The summed E-state index contributed by atoms with van der Waals surface area (Å²) in [5, 5.41) is 9.02. The summed E-state index contributed by atoms with van der Waals surface area (Å²) in [6.45, 7) is 3.50. The van der Waals surface area contributed by atoms with E-state index in [1.54, 1.807) is 13.8 Å². The van der Waals surface area contributed by atoms with E-state index in [-0.39, 0.29) is 17.0 Å². The summed E-state index contributed by atoms with van der Waals surface area (Å²) in [4.78, 5) is 30.3. The number of H-pyrrole nitrogens is 2. The molecule has 3 N–H and O–H groups in total. The number of hydrogen-bond donors (Lipinski definition) is 3. The van der Waals surface area contributed by atoms with Crippen LogP contribution in [0.4, 0.5) is 0 Å². The molecule has 2 heterocycles. The lowest BCUT2D eigenvalue weighted by molar-refractivity contribution is 0.0937. The highest BCUT2D eigenvalue weighted by Crippen LogP contribution is 2.05. The molecule has 0 bridgehead atoms. The minimum absolute atomic E-state index is 0.0759. The van der Waals surface area contributed by atoms with Crippen LogP contribution in [-0.2, 0) is 0 Å². The molecule has 0 saturated heterocycles. The molecule has 0 saturated carbocycles. The van der Waals surface area contributed by atoms with Crippen LogP contribution < -0.4 is 10.7 Å². The number of rotatable bonds is 3. The predicted molar refractivity (Wildman–Crippen MR) is 64.1 cm³/mol. The maximum Gasteiger partial charge on any atom is 0.257 e. The third kappa shape index (κ3) is 2.45. The second-order valence-electron chi connectivity index (χ2n) is 3.96. The van der Waals surface area contributed by atoms with Crippen LogP contribution in [0.3, 0.4) is 0 Å². The van der Waals surface area contributed by atoms with Crippen molar-refractivity contribution in [2.75, 3.05) is 0 Å². The normalized spacial score (nSPS) is 12.1. The van der Waals surface area contributed by atoms with Crippen molar-refractivity contribution >= 4 is 5.91 Å². The van der Waals surface area contributed by atoms with E-state index in [4.69, 9.17) is 0 Å². The van der Waals surface area contributed by atoms with Gasteiger partial charge in [-0.2, -0.15) is 5.10 Å². The standard InChI is InChI=1S/C11H13N5O2/c1-6-3-9(17)8(4-12-6)11(18)15-7(2)10-13-5-14-16-10/h3-5,7H,1-2H3,(H,12,17)(H,15,18)(H,13,14,16). The molecule has 1 unspecified atom stereocenters. The number of pyridine rings is 1. The molecule has 0 aliphatic heterocycles. The minimum Gasteiger partial charge on any atom is -0.364 e. The molecular formula is C11H13N5O2. The average molecular weight is 247 g/mol.